The molecule has 0 amide bonds. The number of nitrogens with zero attached hydrogens (tertiary/aromatic N) is 3. The van der Waals surface area contributed by atoms with Gasteiger partial charge in [0.05, 0.1) is 0 Å². The first-order chi connectivity index (χ1) is 8.69. The second kappa shape index (κ2) is 5.25. The van der Waals surface area contributed by atoms with Crippen LogP contribution in [0.4, 0.5) is 5.69 Å². The standard InChI is InChI=1S/C14H13N3O/c1-10-3-6-14(9-11(10)2)18-13-7-4-12(5-8-13)16-17-15/h3-9H,1-2H3. The van der Waals surface area contributed by atoms with Gasteiger partial charge in [0.2, 0.25) is 0 Å². The molecule has 0 radical (unpaired) electrons. The smallest absolute Gasteiger partial charge is 0.127 e. The van der Waals surface area contributed by atoms with Crippen LogP contribution in [0.3, 0.4) is 0 Å². The first-order valence-corrected chi connectivity index (χ1v) is 5.59. The van der Waals surface area contributed by atoms with E-state index in [0.717, 1.165) is 11.5 Å². The van der Waals surface area contributed by atoms with Crippen molar-refractivity contribution in [2.24, 2.45) is 5.11 Å². The Morgan fingerprint density at radius 3 is 2.22 bits per heavy atom. The van der Waals surface area contributed by atoms with E-state index in [1.165, 1.54) is 11.1 Å². The minimum Gasteiger partial charge on any atom is -0.457 e. The molecule has 0 unspecified atom stereocenters. The Labute approximate surface area is 105 Å². The molecule has 0 N–H and O–H groups in total. The van der Waals surface area contributed by atoms with Crippen molar-refractivity contribution in [2.75, 3.05) is 0 Å². The van der Waals surface area contributed by atoms with E-state index in [9.17, 15) is 0 Å². The largest absolute Gasteiger partial charge is 0.457 e. The third-order valence-corrected chi connectivity index (χ3v) is 2.71. The zero-order valence-corrected chi connectivity index (χ0v) is 10.3. The van der Waals surface area contributed by atoms with E-state index in [1.54, 1.807) is 24.3 Å². The summed E-state index contributed by atoms with van der Waals surface area (Å²) in [5.74, 6) is 1.52. The van der Waals surface area contributed by atoms with Gasteiger partial charge in [-0.25, -0.2) is 0 Å². The Bertz CT molecular complexity index is 599. The van der Waals surface area contributed by atoms with Gasteiger partial charge in [-0.05, 0) is 66.9 Å². The second-order valence-electron chi connectivity index (χ2n) is 4.03. The fourth-order valence-electron chi connectivity index (χ4n) is 1.55. The van der Waals surface area contributed by atoms with Crippen LogP contribution in [-0.4, -0.2) is 0 Å². The molecule has 0 saturated heterocycles. The zero-order chi connectivity index (χ0) is 13.0. The molecule has 0 bridgehead atoms. The van der Waals surface area contributed by atoms with E-state index in [0.29, 0.717) is 5.69 Å². The lowest BCUT2D eigenvalue weighted by Gasteiger charge is -2.07. The Hall–Kier alpha value is -2.45. The van der Waals surface area contributed by atoms with Crippen LogP contribution in [0, 0.1) is 13.8 Å². The van der Waals surface area contributed by atoms with E-state index in [4.69, 9.17) is 10.3 Å². The predicted octanol–water partition coefficient (Wildman–Crippen LogP) is 5.04. The fourth-order valence-corrected chi connectivity index (χ4v) is 1.55. The summed E-state index contributed by atoms with van der Waals surface area (Å²) in [6.07, 6.45) is 0. The van der Waals surface area contributed by atoms with Gasteiger partial charge in [-0.15, -0.1) is 0 Å². The molecule has 2 aromatic rings. The van der Waals surface area contributed by atoms with Crippen LogP contribution in [0.5, 0.6) is 11.5 Å². The van der Waals surface area contributed by atoms with Gasteiger partial charge >= 0.3 is 0 Å². The highest BCUT2D eigenvalue weighted by Gasteiger charge is 1.99. The van der Waals surface area contributed by atoms with Crippen LogP contribution < -0.4 is 4.74 Å². The average Bonchev–Trinajstić information content (AvgIpc) is 2.37. The van der Waals surface area contributed by atoms with E-state index in [2.05, 4.69) is 16.9 Å². The van der Waals surface area contributed by atoms with Crippen molar-refractivity contribution in [1.29, 1.82) is 0 Å². The molecule has 18 heavy (non-hydrogen) atoms. The predicted molar refractivity (Wildman–Crippen MR) is 71.2 cm³/mol. The highest BCUT2D eigenvalue weighted by molar-refractivity contribution is 5.43. The normalized spacial score (nSPS) is 9.67. The minimum absolute atomic E-state index is 0.574. The van der Waals surface area contributed by atoms with Crippen LogP contribution in [0.1, 0.15) is 11.1 Å². The lowest BCUT2D eigenvalue weighted by molar-refractivity contribution is 0.482. The first kappa shape index (κ1) is 12.0. The quantitative estimate of drug-likeness (QED) is 0.420. The van der Waals surface area contributed by atoms with Crippen molar-refractivity contribution in [1.82, 2.24) is 0 Å². The van der Waals surface area contributed by atoms with E-state index >= 15 is 0 Å². The number of ether oxygens (including phenoxy) is 1. The van der Waals surface area contributed by atoms with Gasteiger partial charge in [0.25, 0.3) is 0 Å². The highest BCUT2D eigenvalue weighted by Crippen LogP contribution is 2.25. The number of benzene rings is 2. The van der Waals surface area contributed by atoms with Crippen molar-refractivity contribution in [3.8, 4) is 11.5 Å². The summed E-state index contributed by atoms with van der Waals surface area (Å²) in [5, 5.41) is 3.51. The van der Waals surface area contributed by atoms with E-state index in [1.807, 2.05) is 25.1 Å². The molecule has 0 fully saturated rings. The molecule has 2 aromatic carbocycles. The SMILES string of the molecule is Cc1ccc(Oc2ccc(N=[N+]=[N-])cc2)cc1C. The number of aryl methyl sites for hydroxylation is 2. The summed E-state index contributed by atoms with van der Waals surface area (Å²) in [6, 6.07) is 12.9. The van der Waals surface area contributed by atoms with Gasteiger partial charge in [0.1, 0.15) is 11.5 Å². The van der Waals surface area contributed by atoms with Crippen molar-refractivity contribution in [3.05, 3.63) is 64.0 Å². The molecular weight excluding hydrogens is 226 g/mol. The third-order valence-electron chi connectivity index (χ3n) is 2.71. The molecule has 0 heterocycles. The van der Waals surface area contributed by atoms with Crippen LogP contribution in [0.15, 0.2) is 47.6 Å². The van der Waals surface area contributed by atoms with Gasteiger partial charge in [0.15, 0.2) is 0 Å². The Kier molecular flexibility index (Phi) is 3.51. The number of rotatable bonds is 3. The maximum absolute atomic E-state index is 8.31. The van der Waals surface area contributed by atoms with E-state index in [-0.39, 0.29) is 0 Å². The number of hydrogen-bond donors (Lipinski definition) is 0. The summed E-state index contributed by atoms with van der Waals surface area (Å²) in [4.78, 5) is 2.73. The molecule has 2 rings (SSSR count). The summed E-state index contributed by atoms with van der Waals surface area (Å²) in [7, 11) is 0. The molecule has 4 heteroatoms. The Morgan fingerprint density at radius 2 is 1.61 bits per heavy atom. The monoisotopic (exact) mass is 239 g/mol. The Morgan fingerprint density at radius 1 is 0.944 bits per heavy atom. The van der Waals surface area contributed by atoms with Crippen molar-refractivity contribution < 1.29 is 4.74 Å². The van der Waals surface area contributed by atoms with Gasteiger partial charge in [-0.1, -0.05) is 11.2 Å². The highest BCUT2D eigenvalue weighted by atomic mass is 16.5. The molecule has 90 valence electrons. The third kappa shape index (κ3) is 2.81. The zero-order valence-electron chi connectivity index (χ0n) is 10.3. The first-order valence-electron chi connectivity index (χ1n) is 5.59. The molecule has 0 atom stereocenters. The van der Waals surface area contributed by atoms with Gasteiger partial charge < -0.3 is 4.74 Å². The maximum Gasteiger partial charge on any atom is 0.127 e. The average molecular weight is 239 g/mol. The molecule has 0 aliphatic rings. The molecule has 0 saturated carbocycles. The maximum atomic E-state index is 8.31. The van der Waals surface area contributed by atoms with Crippen LogP contribution in [0.25, 0.3) is 10.4 Å². The topological polar surface area (TPSA) is 58.0 Å². The van der Waals surface area contributed by atoms with Crippen LogP contribution in [-0.2, 0) is 0 Å². The van der Waals surface area contributed by atoms with Crippen molar-refractivity contribution in [3.63, 3.8) is 0 Å². The second-order valence-corrected chi connectivity index (χ2v) is 4.03. The number of azide groups is 1. The lowest BCUT2D eigenvalue weighted by atomic mass is 10.1. The lowest BCUT2D eigenvalue weighted by Crippen LogP contribution is -1.86. The number of hydrogen-bond acceptors (Lipinski definition) is 2. The molecule has 0 aliphatic carbocycles. The van der Waals surface area contributed by atoms with Crippen molar-refractivity contribution >= 4 is 5.69 Å². The molecular formula is C14H13N3O. The summed E-state index contributed by atoms with van der Waals surface area (Å²) in [6.45, 7) is 4.11. The molecule has 0 aliphatic heterocycles. The molecule has 0 aromatic heterocycles. The fraction of sp³-hybridized carbons (Fsp3) is 0.143. The van der Waals surface area contributed by atoms with Gasteiger partial charge in [-0.2, -0.15) is 0 Å². The van der Waals surface area contributed by atoms with Gasteiger partial charge in [0, 0.05) is 10.6 Å². The summed E-state index contributed by atoms with van der Waals surface area (Å²) < 4.78 is 5.71. The minimum atomic E-state index is 0.574. The summed E-state index contributed by atoms with van der Waals surface area (Å²) >= 11 is 0. The van der Waals surface area contributed by atoms with E-state index < -0.39 is 0 Å². The van der Waals surface area contributed by atoms with Crippen molar-refractivity contribution in [2.45, 2.75) is 13.8 Å². The van der Waals surface area contributed by atoms with Gasteiger partial charge in [-0.3, -0.25) is 0 Å². The Balaban J connectivity index is 2.18. The molecule has 0 spiro atoms. The van der Waals surface area contributed by atoms with Crippen LogP contribution in [0.2, 0.25) is 0 Å². The molecule has 4 nitrogen and oxygen atoms in total. The van der Waals surface area contributed by atoms with Crippen LogP contribution >= 0.6 is 0 Å². The summed E-state index contributed by atoms with van der Waals surface area (Å²) in [5.41, 5.74) is 11.3.